The largest absolute Gasteiger partial charge is 0.416 e. The summed E-state index contributed by atoms with van der Waals surface area (Å²) in [5.74, 6) is -3.27. The van der Waals surface area contributed by atoms with Crippen molar-refractivity contribution in [2.24, 2.45) is 0 Å². The molecule has 0 saturated carbocycles. The Hall–Kier alpha value is -2.09. The molecule has 2 aromatic rings. The predicted molar refractivity (Wildman–Crippen MR) is 77.7 cm³/mol. The summed E-state index contributed by atoms with van der Waals surface area (Å²) >= 11 is 0.356. The maximum absolute atomic E-state index is 12.6. The smallest absolute Gasteiger partial charge is 0.322 e. The van der Waals surface area contributed by atoms with Crippen molar-refractivity contribution in [3.63, 3.8) is 0 Å². The number of thioether (sulfide) groups is 1. The van der Waals surface area contributed by atoms with E-state index in [1.807, 2.05) is 0 Å². The fourth-order valence-electron chi connectivity index (χ4n) is 1.76. The van der Waals surface area contributed by atoms with Crippen LogP contribution in [0.15, 0.2) is 53.4 Å². The van der Waals surface area contributed by atoms with Gasteiger partial charge in [-0.2, -0.15) is 22.0 Å². The zero-order valence-electron chi connectivity index (χ0n) is 11.4. The van der Waals surface area contributed by atoms with E-state index < -0.39 is 23.4 Å². The second-order valence-electron chi connectivity index (χ2n) is 4.44. The second-order valence-corrected chi connectivity index (χ2v) is 5.50. The summed E-state index contributed by atoms with van der Waals surface area (Å²) in [6, 6.07) is 9.58. The molecule has 0 bridgehead atoms. The van der Waals surface area contributed by atoms with E-state index in [0.29, 0.717) is 22.3 Å². The van der Waals surface area contributed by atoms with Crippen LogP contribution in [0.5, 0.6) is 0 Å². The molecule has 1 amide bonds. The Labute approximate surface area is 132 Å². The summed E-state index contributed by atoms with van der Waals surface area (Å²) in [4.78, 5) is 12.3. The summed E-state index contributed by atoms with van der Waals surface area (Å²) < 4.78 is 62.2. The summed E-state index contributed by atoms with van der Waals surface area (Å²) in [6.45, 7) is 0. The molecule has 0 saturated heterocycles. The molecule has 23 heavy (non-hydrogen) atoms. The molecule has 8 heteroatoms. The number of nitrogens with one attached hydrogen (secondary N) is 1. The Morgan fingerprint density at radius 2 is 1.70 bits per heavy atom. The van der Waals surface area contributed by atoms with Crippen LogP contribution in [0.25, 0.3) is 0 Å². The topological polar surface area (TPSA) is 29.1 Å². The molecule has 0 atom stereocenters. The van der Waals surface area contributed by atoms with Crippen LogP contribution in [0.1, 0.15) is 15.9 Å². The highest BCUT2D eigenvalue weighted by Crippen LogP contribution is 2.30. The third-order valence-electron chi connectivity index (χ3n) is 2.79. The summed E-state index contributed by atoms with van der Waals surface area (Å²) in [6.07, 6.45) is -4.54. The van der Waals surface area contributed by atoms with Crippen molar-refractivity contribution in [2.45, 2.75) is 16.8 Å². The molecule has 1 N–H and O–H groups in total. The molecule has 0 unspecified atom stereocenters. The second kappa shape index (κ2) is 6.99. The Kier molecular flexibility index (Phi) is 5.25. The maximum atomic E-state index is 12.6. The summed E-state index contributed by atoms with van der Waals surface area (Å²) in [5.41, 5.74) is -0.772. The van der Waals surface area contributed by atoms with Gasteiger partial charge in [-0.15, -0.1) is 0 Å². The van der Waals surface area contributed by atoms with Gasteiger partial charge in [0.2, 0.25) is 0 Å². The van der Waals surface area contributed by atoms with Crippen molar-refractivity contribution < 1.29 is 26.7 Å². The molecule has 0 aliphatic heterocycles. The number of halogens is 5. The minimum Gasteiger partial charge on any atom is -0.322 e. The highest BCUT2D eigenvalue weighted by atomic mass is 32.2. The van der Waals surface area contributed by atoms with E-state index in [1.165, 1.54) is 30.3 Å². The van der Waals surface area contributed by atoms with E-state index in [-0.39, 0.29) is 5.56 Å². The van der Waals surface area contributed by atoms with Gasteiger partial charge < -0.3 is 5.32 Å². The lowest BCUT2D eigenvalue weighted by molar-refractivity contribution is -0.137. The van der Waals surface area contributed by atoms with Crippen molar-refractivity contribution in [3.05, 3.63) is 59.7 Å². The van der Waals surface area contributed by atoms with Gasteiger partial charge in [0.15, 0.2) is 0 Å². The number of hydrogen-bond acceptors (Lipinski definition) is 2. The number of carbonyl (C=O) groups is 1. The van der Waals surface area contributed by atoms with Crippen LogP contribution in [0.2, 0.25) is 0 Å². The lowest BCUT2D eigenvalue weighted by Gasteiger charge is -2.09. The fraction of sp³-hybridized carbons (Fsp3) is 0.133. The quantitative estimate of drug-likeness (QED) is 0.603. The monoisotopic (exact) mass is 347 g/mol. The molecule has 0 aliphatic carbocycles. The highest BCUT2D eigenvalue weighted by Gasteiger charge is 2.30. The molecule has 0 aliphatic rings. The Balaban J connectivity index is 2.10. The van der Waals surface area contributed by atoms with Crippen LogP contribution in [-0.4, -0.2) is 11.7 Å². The molecule has 0 radical (unpaired) electrons. The first-order valence-corrected chi connectivity index (χ1v) is 7.17. The van der Waals surface area contributed by atoms with Gasteiger partial charge in [-0.3, -0.25) is 4.79 Å². The van der Waals surface area contributed by atoms with Gasteiger partial charge in [-0.1, -0.05) is 17.8 Å². The molecule has 2 rings (SSSR count). The van der Waals surface area contributed by atoms with Crippen LogP contribution in [0, 0.1) is 0 Å². The number of rotatable bonds is 4. The SMILES string of the molecule is O=C(Nc1ccc(SC(F)F)cc1)c1cccc(C(F)(F)F)c1. The maximum Gasteiger partial charge on any atom is 0.416 e. The van der Waals surface area contributed by atoms with Gasteiger partial charge >= 0.3 is 6.18 Å². The Bertz CT molecular complexity index is 685. The predicted octanol–water partition coefficient (Wildman–Crippen LogP) is 5.27. The average Bonchev–Trinajstić information content (AvgIpc) is 2.48. The molecule has 2 nitrogen and oxygen atoms in total. The van der Waals surface area contributed by atoms with Crippen molar-refractivity contribution in [2.75, 3.05) is 5.32 Å². The number of amides is 1. The minimum absolute atomic E-state index is 0.147. The van der Waals surface area contributed by atoms with E-state index in [2.05, 4.69) is 5.32 Å². The number of benzene rings is 2. The molecule has 122 valence electrons. The normalized spacial score (nSPS) is 11.6. The minimum atomic E-state index is -4.54. The molecular formula is C15H10F5NOS. The highest BCUT2D eigenvalue weighted by molar-refractivity contribution is 7.99. The third-order valence-corrected chi connectivity index (χ3v) is 3.51. The first kappa shape index (κ1) is 17.3. The molecular weight excluding hydrogens is 337 g/mol. The van der Waals surface area contributed by atoms with E-state index in [9.17, 15) is 26.7 Å². The number of carbonyl (C=O) groups excluding carboxylic acids is 1. The van der Waals surface area contributed by atoms with Crippen molar-refractivity contribution >= 4 is 23.4 Å². The standard InChI is InChI=1S/C15H10F5NOS/c16-14(17)23-12-6-4-11(5-7-12)21-13(22)9-2-1-3-10(8-9)15(18,19)20/h1-8,14H,(H,21,22). The first-order valence-electron chi connectivity index (χ1n) is 6.29. The summed E-state index contributed by atoms with van der Waals surface area (Å²) in [5, 5.41) is 2.41. The van der Waals surface area contributed by atoms with E-state index in [1.54, 1.807) is 0 Å². The number of hydrogen-bond donors (Lipinski definition) is 1. The van der Waals surface area contributed by atoms with E-state index >= 15 is 0 Å². The first-order chi connectivity index (χ1) is 10.8. The number of anilines is 1. The molecule has 0 heterocycles. The van der Waals surface area contributed by atoms with Crippen LogP contribution < -0.4 is 5.32 Å². The van der Waals surface area contributed by atoms with Gasteiger partial charge in [0.1, 0.15) is 0 Å². The zero-order chi connectivity index (χ0) is 17.0. The average molecular weight is 347 g/mol. The fourth-order valence-corrected chi connectivity index (χ4v) is 2.26. The molecule has 2 aromatic carbocycles. The Morgan fingerprint density at radius 1 is 1.04 bits per heavy atom. The summed E-state index contributed by atoms with van der Waals surface area (Å²) in [7, 11) is 0. The van der Waals surface area contributed by atoms with Crippen LogP contribution in [0.4, 0.5) is 27.6 Å². The van der Waals surface area contributed by atoms with Crippen LogP contribution in [0.3, 0.4) is 0 Å². The third kappa shape index (κ3) is 4.95. The van der Waals surface area contributed by atoms with Gasteiger partial charge in [-0.25, -0.2) is 0 Å². The van der Waals surface area contributed by atoms with Gasteiger partial charge in [-0.05, 0) is 42.5 Å². The van der Waals surface area contributed by atoms with Crippen molar-refractivity contribution in [1.29, 1.82) is 0 Å². The lowest BCUT2D eigenvalue weighted by atomic mass is 10.1. The van der Waals surface area contributed by atoms with E-state index in [4.69, 9.17) is 0 Å². The number of alkyl halides is 5. The van der Waals surface area contributed by atoms with Crippen molar-refractivity contribution in [1.82, 2.24) is 0 Å². The van der Waals surface area contributed by atoms with Crippen molar-refractivity contribution in [3.8, 4) is 0 Å². The van der Waals surface area contributed by atoms with Gasteiger partial charge in [0.05, 0.1) is 5.56 Å². The molecule has 0 fully saturated rings. The molecule has 0 aromatic heterocycles. The van der Waals surface area contributed by atoms with Crippen LogP contribution in [-0.2, 0) is 6.18 Å². The molecule has 0 spiro atoms. The van der Waals surface area contributed by atoms with Gasteiger partial charge in [0, 0.05) is 16.1 Å². The zero-order valence-corrected chi connectivity index (χ0v) is 12.2. The van der Waals surface area contributed by atoms with E-state index in [0.717, 1.165) is 18.2 Å². The Morgan fingerprint density at radius 3 is 2.26 bits per heavy atom. The lowest BCUT2D eigenvalue weighted by Crippen LogP contribution is -2.13. The van der Waals surface area contributed by atoms with Gasteiger partial charge in [0.25, 0.3) is 11.7 Å². The van der Waals surface area contributed by atoms with Crippen LogP contribution >= 0.6 is 11.8 Å².